The summed E-state index contributed by atoms with van der Waals surface area (Å²) in [5.41, 5.74) is 6.63. The first-order valence-electron chi connectivity index (χ1n) is 5.48. The molecule has 1 atom stereocenters. The number of nitrogens with zero attached hydrogens (tertiary/aromatic N) is 3. The van der Waals surface area contributed by atoms with Crippen LogP contribution in [0, 0.1) is 17.0 Å². The number of nitro groups is 1. The van der Waals surface area contributed by atoms with E-state index >= 15 is 0 Å². The number of benzene rings is 1. The van der Waals surface area contributed by atoms with Crippen LogP contribution in [0.5, 0.6) is 0 Å². The first kappa shape index (κ1) is 13.1. The highest BCUT2D eigenvalue weighted by molar-refractivity contribution is 5.58. The maximum atomic E-state index is 10.7. The van der Waals surface area contributed by atoms with Gasteiger partial charge in [-0.3, -0.25) is 10.1 Å². The van der Waals surface area contributed by atoms with E-state index in [1.807, 2.05) is 0 Å². The Labute approximate surface area is 108 Å². The predicted molar refractivity (Wildman–Crippen MR) is 65.1 cm³/mol. The molecule has 0 bridgehead atoms. The van der Waals surface area contributed by atoms with Crippen LogP contribution < -0.4 is 5.73 Å². The van der Waals surface area contributed by atoms with Crippen molar-refractivity contribution in [2.45, 2.75) is 13.0 Å². The second-order valence-corrected chi connectivity index (χ2v) is 4.01. The van der Waals surface area contributed by atoms with Crippen molar-refractivity contribution in [3.63, 3.8) is 0 Å². The number of aliphatic hydroxyl groups excluding tert-OH is 1. The van der Waals surface area contributed by atoms with Crippen LogP contribution in [0.25, 0.3) is 11.5 Å². The SMILES string of the molecule is Cc1cc(-c2nc(C(N)CO)no2)ccc1[N+](=O)[O-]. The number of rotatable bonds is 4. The van der Waals surface area contributed by atoms with E-state index in [-0.39, 0.29) is 24.0 Å². The summed E-state index contributed by atoms with van der Waals surface area (Å²) in [4.78, 5) is 14.3. The number of aryl methyl sites for hydroxylation is 1. The highest BCUT2D eigenvalue weighted by atomic mass is 16.6. The second kappa shape index (κ2) is 5.12. The Morgan fingerprint density at radius 3 is 2.89 bits per heavy atom. The third-order valence-electron chi connectivity index (χ3n) is 2.61. The summed E-state index contributed by atoms with van der Waals surface area (Å²) < 4.78 is 5.01. The quantitative estimate of drug-likeness (QED) is 0.621. The molecule has 3 N–H and O–H groups in total. The molecule has 8 nitrogen and oxygen atoms in total. The topological polar surface area (TPSA) is 128 Å². The van der Waals surface area contributed by atoms with E-state index in [1.54, 1.807) is 13.0 Å². The predicted octanol–water partition coefficient (Wildman–Crippen LogP) is 0.945. The number of aromatic nitrogens is 2. The van der Waals surface area contributed by atoms with Gasteiger partial charge in [0, 0.05) is 17.2 Å². The monoisotopic (exact) mass is 264 g/mol. The van der Waals surface area contributed by atoms with E-state index in [0.717, 1.165) is 0 Å². The largest absolute Gasteiger partial charge is 0.394 e. The van der Waals surface area contributed by atoms with Gasteiger partial charge in [-0.25, -0.2) is 0 Å². The van der Waals surface area contributed by atoms with E-state index in [0.29, 0.717) is 11.1 Å². The lowest BCUT2D eigenvalue weighted by molar-refractivity contribution is -0.385. The number of nitro benzene ring substituents is 1. The van der Waals surface area contributed by atoms with Gasteiger partial charge in [0.15, 0.2) is 5.82 Å². The lowest BCUT2D eigenvalue weighted by Crippen LogP contribution is -2.15. The van der Waals surface area contributed by atoms with Crippen LogP contribution in [-0.4, -0.2) is 26.8 Å². The van der Waals surface area contributed by atoms with E-state index in [1.165, 1.54) is 12.1 Å². The molecule has 0 saturated heterocycles. The summed E-state index contributed by atoms with van der Waals surface area (Å²) in [6, 6.07) is 3.77. The fourth-order valence-corrected chi connectivity index (χ4v) is 1.58. The average molecular weight is 264 g/mol. The minimum Gasteiger partial charge on any atom is -0.394 e. The van der Waals surface area contributed by atoms with E-state index in [2.05, 4.69) is 10.1 Å². The standard InChI is InChI=1S/C11H12N4O4/c1-6-4-7(2-3-9(6)15(17)18)11-13-10(14-19-11)8(12)5-16/h2-4,8,16H,5,12H2,1H3. The van der Waals surface area contributed by atoms with Gasteiger partial charge >= 0.3 is 0 Å². The van der Waals surface area contributed by atoms with Gasteiger partial charge < -0.3 is 15.4 Å². The third kappa shape index (κ3) is 2.59. The second-order valence-electron chi connectivity index (χ2n) is 4.01. The van der Waals surface area contributed by atoms with Gasteiger partial charge in [0.1, 0.15) is 0 Å². The third-order valence-corrected chi connectivity index (χ3v) is 2.61. The van der Waals surface area contributed by atoms with Crippen molar-refractivity contribution in [2.24, 2.45) is 5.73 Å². The Bertz CT molecular complexity index is 610. The highest BCUT2D eigenvalue weighted by Gasteiger charge is 2.17. The van der Waals surface area contributed by atoms with Crippen LogP contribution in [0.2, 0.25) is 0 Å². The molecule has 2 rings (SSSR count). The zero-order chi connectivity index (χ0) is 14.0. The Hall–Kier alpha value is -2.32. The molecule has 0 spiro atoms. The van der Waals surface area contributed by atoms with Crippen LogP contribution in [0.1, 0.15) is 17.4 Å². The van der Waals surface area contributed by atoms with Crippen LogP contribution >= 0.6 is 0 Å². The number of aliphatic hydroxyl groups is 1. The maximum Gasteiger partial charge on any atom is 0.272 e. The van der Waals surface area contributed by atoms with Gasteiger partial charge in [-0.2, -0.15) is 4.98 Å². The zero-order valence-corrected chi connectivity index (χ0v) is 10.1. The number of nitrogens with two attached hydrogens (primary N) is 1. The zero-order valence-electron chi connectivity index (χ0n) is 10.1. The van der Waals surface area contributed by atoms with E-state index < -0.39 is 11.0 Å². The molecule has 100 valence electrons. The molecule has 0 aliphatic rings. The molecule has 1 unspecified atom stereocenters. The average Bonchev–Trinajstić information content (AvgIpc) is 2.86. The van der Waals surface area contributed by atoms with Crippen molar-refractivity contribution in [3.05, 3.63) is 39.7 Å². The van der Waals surface area contributed by atoms with Crippen LogP contribution in [0.4, 0.5) is 5.69 Å². The summed E-state index contributed by atoms with van der Waals surface area (Å²) in [5, 5.41) is 23.2. The summed E-state index contributed by atoms with van der Waals surface area (Å²) in [6.07, 6.45) is 0. The van der Waals surface area contributed by atoms with Gasteiger partial charge in [-0.05, 0) is 19.1 Å². The summed E-state index contributed by atoms with van der Waals surface area (Å²) >= 11 is 0. The van der Waals surface area contributed by atoms with Gasteiger partial charge in [0.25, 0.3) is 11.6 Å². The molecule has 0 aliphatic heterocycles. The summed E-state index contributed by atoms with van der Waals surface area (Å²) in [7, 11) is 0. The lowest BCUT2D eigenvalue weighted by atomic mass is 10.1. The molecule has 0 fully saturated rings. The first-order valence-corrected chi connectivity index (χ1v) is 5.48. The van der Waals surface area contributed by atoms with Gasteiger partial charge in [-0.1, -0.05) is 5.16 Å². The summed E-state index contributed by atoms with van der Waals surface area (Å²) in [6.45, 7) is 1.33. The van der Waals surface area contributed by atoms with Crippen molar-refractivity contribution < 1.29 is 14.6 Å². The molecular weight excluding hydrogens is 252 g/mol. The van der Waals surface area contributed by atoms with E-state index in [9.17, 15) is 10.1 Å². The molecule has 1 aromatic carbocycles. The minimum absolute atomic E-state index is 0.0237. The van der Waals surface area contributed by atoms with Crippen molar-refractivity contribution in [1.29, 1.82) is 0 Å². The maximum absolute atomic E-state index is 10.7. The Kier molecular flexibility index (Phi) is 3.54. The molecule has 1 aromatic heterocycles. The van der Waals surface area contributed by atoms with Crippen molar-refractivity contribution in [2.75, 3.05) is 6.61 Å². The highest BCUT2D eigenvalue weighted by Crippen LogP contribution is 2.25. The fraction of sp³-hybridized carbons (Fsp3) is 0.273. The Morgan fingerprint density at radius 1 is 1.58 bits per heavy atom. The normalized spacial score (nSPS) is 12.4. The molecule has 8 heteroatoms. The molecule has 0 aliphatic carbocycles. The smallest absolute Gasteiger partial charge is 0.272 e. The van der Waals surface area contributed by atoms with Crippen molar-refractivity contribution >= 4 is 5.69 Å². The van der Waals surface area contributed by atoms with Crippen LogP contribution in [-0.2, 0) is 0 Å². The molecular formula is C11H12N4O4. The van der Waals surface area contributed by atoms with Crippen molar-refractivity contribution in [1.82, 2.24) is 10.1 Å². The summed E-state index contributed by atoms with van der Waals surface area (Å²) in [5.74, 6) is 0.394. The Morgan fingerprint density at radius 2 is 2.32 bits per heavy atom. The number of hydrogen-bond donors (Lipinski definition) is 2. The first-order chi connectivity index (χ1) is 9.02. The molecule has 0 amide bonds. The number of hydrogen-bond acceptors (Lipinski definition) is 7. The molecule has 19 heavy (non-hydrogen) atoms. The van der Waals surface area contributed by atoms with Gasteiger partial charge in [0.05, 0.1) is 17.6 Å². The van der Waals surface area contributed by atoms with Gasteiger partial charge in [0.2, 0.25) is 0 Å². The minimum atomic E-state index is -0.711. The molecule has 1 heterocycles. The lowest BCUT2D eigenvalue weighted by Gasteiger charge is -2.00. The molecule has 2 aromatic rings. The molecule has 0 saturated carbocycles. The van der Waals surface area contributed by atoms with E-state index in [4.69, 9.17) is 15.4 Å². The van der Waals surface area contributed by atoms with Crippen molar-refractivity contribution in [3.8, 4) is 11.5 Å². The van der Waals surface area contributed by atoms with Crippen LogP contribution in [0.3, 0.4) is 0 Å². The van der Waals surface area contributed by atoms with Crippen LogP contribution in [0.15, 0.2) is 22.7 Å². The molecule has 0 radical (unpaired) electrons. The fourth-order valence-electron chi connectivity index (χ4n) is 1.58. The Balaban J connectivity index is 2.35. The van der Waals surface area contributed by atoms with Gasteiger partial charge in [-0.15, -0.1) is 0 Å².